The van der Waals surface area contributed by atoms with E-state index in [-0.39, 0.29) is 5.92 Å². The second-order valence-electron chi connectivity index (χ2n) is 7.38. The highest BCUT2D eigenvalue weighted by molar-refractivity contribution is 7.09. The number of fused-ring (bicyclic) bond motifs is 1. The normalized spacial score (nSPS) is 27.9. The molecule has 0 unspecified atom stereocenters. The highest BCUT2D eigenvalue weighted by Crippen LogP contribution is 2.43. The summed E-state index contributed by atoms with van der Waals surface area (Å²) in [6.45, 7) is 9.46. The molecule has 0 spiro atoms. The maximum atomic E-state index is 12.0. The van der Waals surface area contributed by atoms with Gasteiger partial charge in [-0.3, -0.25) is 14.6 Å². The molecule has 0 bridgehead atoms. The lowest BCUT2D eigenvalue weighted by molar-refractivity contribution is -0.149. The van der Waals surface area contributed by atoms with Crippen molar-refractivity contribution >= 4 is 17.3 Å². The molecule has 2 fully saturated rings. The van der Waals surface area contributed by atoms with Crippen molar-refractivity contribution < 1.29 is 14.6 Å². The van der Waals surface area contributed by atoms with Gasteiger partial charge in [0.1, 0.15) is 5.01 Å². The van der Waals surface area contributed by atoms with Crippen LogP contribution in [-0.2, 0) is 16.1 Å². The Bertz CT molecular complexity index is 591. The summed E-state index contributed by atoms with van der Waals surface area (Å²) >= 11 is 1.68. The third-order valence-electron chi connectivity index (χ3n) is 5.31. The van der Waals surface area contributed by atoms with E-state index < -0.39 is 11.4 Å². The van der Waals surface area contributed by atoms with Crippen LogP contribution in [0.2, 0.25) is 0 Å². The van der Waals surface area contributed by atoms with Gasteiger partial charge in [-0.15, -0.1) is 11.3 Å². The van der Waals surface area contributed by atoms with E-state index in [0.29, 0.717) is 25.6 Å². The monoisotopic (exact) mass is 353 g/mol. The largest absolute Gasteiger partial charge is 0.481 e. The fourth-order valence-electron chi connectivity index (χ4n) is 3.94. The summed E-state index contributed by atoms with van der Waals surface area (Å²) in [6, 6.07) is 0. The molecule has 134 valence electrons. The molecule has 0 aliphatic carbocycles. The summed E-state index contributed by atoms with van der Waals surface area (Å²) in [7, 11) is 1.69. The number of ether oxygens (including phenoxy) is 1. The number of hydrogen-bond donors (Lipinski definition) is 1. The van der Waals surface area contributed by atoms with Gasteiger partial charge in [0.2, 0.25) is 0 Å². The highest BCUT2D eigenvalue weighted by atomic mass is 32.1. The number of aliphatic carboxylic acids is 1. The molecule has 6 nitrogen and oxygen atoms in total. The Morgan fingerprint density at radius 1 is 1.46 bits per heavy atom. The van der Waals surface area contributed by atoms with Crippen molar-refractivity contribution in [2.75, 3.05) is 46.4 Å². The topological polar surface area (TPSA) is 65.9 Å². The van der Waals surface area contributed by atoms with Crippen molar-refractivity contribution in [3.63, 3.8) is 0 Å². The molecule has 1 N–H and O–H groups in total. The van der Waals surface area contributed by atoms with Crippen LogP contribution in [0.5, 0.6) is 0 Å². The smallest absolute Gasteiger partial charge is 0.312 e. The van der Waals surface area contributed by atoms with E-state index in [1.807, 2.05) is 0 Å². The van der Waals surface area contributed by atoms with Crippen LogP contribution in [0.4, 0.5) is 0 Å². The standard InChI is InChI=1S/C17H27N3O3S/c1-12(2)14-9-24-15(18-14)8-20-7-13-6-19(4-5-23-3)10-17(13,11-20)16(21)22/h9,12-13H,4-8,10-11H2,1-3H3,(H,21,22)/t13-,17-/m1/s1. The Kier molecular flexibility index (Phi) is 5.24. The SMILES string of the molecule is COCCN1C[C@@H]2CN(Cc3nc(C(C)C)cs3)C[C@]2(C(=O)O)C1. The quantitative estimate of drug-likeness (QED) is 0.805. The zero-order chi connectivity index (χ0) is 17.3. The number of thiazole rings is 1. The fraction of sp³-hybridized carbons (Fsp3) is 0.765. The van der Waals surface area contributed by atoms with Gasteiger partial charge in [-0.2, -0.15) is 0 Å². The number of methoxy groups -OCH3 is 1. The van der Waals surface area contributed by atoms with E-state index in [1.165, 1.54) is 0 Å². The second kappa shape index (κ2) is 7.07. The first-order valence-electron chi connectivity index (χ1n) is 8.56. The Hall–Kier alpha value is -1.02. The fourth-order valence-corrected chi connectivity index (χ4v) is 4.94. The first-order chi connectivity index (χ1) is 11.4. The van der Waals surface area contributed by atoms with Crippen molar-refractivity contribution in [3.8, 4) is 0 Å². The van der Waals surface area contributed by atoms with Crippen LogP contribution in [-0.4, -0.2) is 72.3 Å². The molecule has 0 radical (unpaired) electrons. The van der Waals surface area contributed by atoms with Crippen LogP contribution in [0.1, 0.15) is 30.5 Å². The molecule has 1 aromatic heterocycles. The van der Waals surface area contributed by atoms with Gasteiger partial charge in [-0.1, -0.05) is 13.8 Å². The van der Waals surface area contributed by atoms with E-state index in [1.54, 1.807) is 18.4 Å². The van der Waals surface area contributed by atoms with E-state index in [0.717, 1.165) is 36.9 Å². The number of nitrogens with zero attached hydrogens (tertiary/aromatic N) is 3. The first-order valence-corrected chi connectivity index (χ1v) is 9.44. The zero-order valence-electron chi connectivity index (χ0n) is 14.7. The van der Waals surface area contributed by atoms with Crippen molar-refractivity contribution in [3.05, 3.63) is 16.1 Å². The van der Waals surface area contributed by atoms with Crippen molar-refractivity contribution in [2.45, 2.75) is 26.3 Å². The third kappa shape index (κ3) is 3.35. The molecule has 7 heteroatoms. The molecule has 3 rings (SSSR count). The van der Waals surface area contributed by atoms with Crippen LogP contribution < -0.4 is 0 Å². The Morgan fingerprint density at radius 3 is 2.75 bits per heavy atom. The number of aromatic nitrogens is 1. The molecule has 0 saturated carbocycles. The molecule has 2 aliphatic heterocycles. The average molecular weight is 353 g/mol. The molecular formula is C17H27N3O3S. The number of carboxylic acid groups (broad SMARTS) is 1. The minimum atomic E-state index is -0.656. The number of hydrogen-bond acceptors (Lipinski definition) is 6. The molecule has 3 heterocycles. The molecule has 2 saturated heterocycles. The molecule has 2 aliphatic rings. The summed E-state index contributed by atoms with van der Waals surface area (Å²) in [5, 5.41) is 13.1. The van der Waals surface area contributed by atoms with Crippen LogP contribution in [0, 0.1) is 11.3 Å². The summed E-state index contributed by atoms with van der Waals surface area (Å²) < 4.78 is 5.13. The Morgan fingerprint density at radius 2 is 2.17 bits per heavy atom. The van der Waals surface area contributed by atoms with E-state index in [2.05, 4.69) is 29.0 Å². The molecule has 1 aromatic rings. The van der Waals surface area contributed by atoms with E-state index in [9.17, 15) is 9.90 Å². The van der Waals surface area contributed by atoms with Crippen molar-refractivity contribution in [1.82, 2.24) is 14.8 Å². The van der Waals surface area contributed by atoms with Gasteiger partial charge in [-0.25, -0.2) is 4.98 Å². The number of carbonyl (C=O) groups is 1. The lowest BCUT2D eigenvalue weighted by atomic mass is 9.81. The summed E-state index contributed by atoms with van der Waals surface area (Å²) in [5.74, 6) is -0.0269. The minimum absolute atomic E-state index is 0.191. The maximum absolute atomic E-state index is 12.0. The van der Waals surface area contributed by atoms with Crippen LogP contribution in [0.15, 0.2) is 5.38 Å². The van der Waals surface area contributed by atoms with E-state index >= 15 is 0 Å². The zero-order valence-corrected chi connectivity index (χ0v) is 15.5. The summed E-state index contributed by atoms with van der Waals surface area (Å²) in [4.78, 5) is 21.2. The highest BCUT2D eigenvalue weighted by Gasteiger charge is 2.57. The first kappa shape index (κ1) is 17.8. The minimum Gasteiger partial charge on any atom is -0.481 e. The predicted molar refractivity (Wildman–Crippen MR) is 93.4 cm³/mol. The number of carboxylic acids is 1. The average Bonchev–Trinajstić information content (AvgIpc) is 3.18. The Labute approximate surface area is 147 Å². The van der Waals surface area contributed by atoms with Gasteiger partial charge in [0.25, 0.3) is 0 Å². The summed E-state index contributed by atoms with van der Waals surface area (Å²) in [5.41, 5.74) is 0.499. The van der Waals surface area contributed by atoms with Gasteiger partial charge in [-0.05, 0) is 5.92 Å². The molecule has 2 atom stereocenters. The maximum Gasteiger partial charge on any atom is 0.312 e. The second-order valence-corrected chi connectivity index (χ2v) is 8.32. The van der Waals surface area contributed by atoms with E-state index in [4.69, 9.17) is 9.72 Å². The molecular weight excluding hydrogens is 326 g/mol. The van der Waals surface area contributed by atoms with Crippen LogP contribution in [0.3, 0.4) is 0 Å². The molecule has 0 aromatic carbocycles. The molecule has 0 amide bonds. The van der Waals surface area contributed by atoms with Crippen molar-refractivity contribution in [2.24, 2.45) is 11.3 Å². The number of likely N-dealkylation sites (tertiary alicyclic amines) is 2. The van der Waals surface area contributed by atoms with Gasteiger partial charge >= 0.3 is 5.97 Å². The Balaban J connectivity index is 1.65. The van der Waals surface area contributed by atoms with Gasteiger partial charge in [0, 0.05) is 51.1 Å². The van der Waals surface area contributed by atoms with Gasteiger partial charge in [0.15, 0.2) is 0 Å². The van der Waals surface area contributed by atoms with Crippen LogP contribution >= 0.6 is 11.3 Å². The predicted octanol–water partition coefficient (Wildman–Crippen LogP) is 1.73. The van der Waals surface area contributed by atoms with Gasteiger partial charge < -0.3 is 9.84 Å². The van der Waals surface area contributed by atoms with Crippen molar-refractivity contribution in [1.29, 1.82) is 0 Å². The van der Waals surface area contributed by atoms with Crippen LogP contribution in [0.25, 0.3) is 0 Å². The number of rotatable bonds is 7. The lowest BCUT2D eigenvalue weighted by Crippen LogP contribution is -2.41. The summed E-state index contributed by atoms with van der Waals surface area (Å²) in [6.07, 6.45) is 0. The third-order valence-corrected chi connectivity index (χ3v) is 6.16. The van der Waals surface area contributed by atoms with Gasteiger partial charge in [0.05, 0.1) is 24.3 Å². The molecule has 24 heavy (non-hydrogen) atoms. The lowest BCUT2D eigenvalue weighted by Gasteiger charge is -2.25.